The van der Waals surface area contributed by atoms with Gasteiger partial charge < -0.3 is 34.6 Å². The molecule has 3 aromatic carbocycles. The van der Waals surface area contributed by atoms with Gasteiger partial charge in [-0.1, -0.05) is 12.1 Å². The highest BCUT2D eigenvalue weighted by Gasteiger charge is 2.28. The number of carbonyl (C=O) groups is 2. The van der Waals surface area contributed by atoms with Gasteiger partial charge >= 0.3 is 0 Å². The predicted octanol–water partition coefficient (Wildman–Crippen LogP) is 4.18. The van der Waals surface area contributed by atoms with E-state index in [4.69, 9.17) is 14.2 Å². The molecular weight excluding hydrogens is 496 g/mol. The molecule has 1 saturated heterocycles. The van der Waals surface area contributed by atoms with Crippen LogP contribution in [-0.2, 0) is 0 Å². The van der Waals surface area contributed by atoms with Crippen LogP contribution in [0.1, 0.15) is 33.6 Å². The van der Waals surface area contributed by atoms with Gasteiger partial charge in [0.05, 0.1) is 32.6 Å². The molecule has 0 unspecified atom stereocenters. The Hall–Kier alpha value is -4.40. The third kappa shape index (κ3) is 6.03. The summed E-state index contributed by atoms with van der Waals surface area (Å²) in [6.45, 7) is 3.08. The standard InChI is InChI=1S/C30H34N4O5/c1-37-23-16-20(17-24(19-23)38-2)29(35)32-22-10-11-26(25(18-22)30(36)31-21-8-9-21)33-12-14-34(15-13-33)27-6-4-5-7-28(27)39-3/h4-7,10-11,16-19,21H,8-9,12-15H2,1-3H3,(H,31,36)(H,32,35). The molecule has 2 fully saturated rings. The Kier molecular flexibility index (Phi) is 7.76. The number of nitrogens with zero attached hydrogens (tertiary/aromatic N) is 2. The van der Waals surface area contributed by atoms with E-state index in [0.717, 1.165) is 56.1 Å². The van der Waals surface area contributed by atoms with Crippen LogP contribution in [0.4, 0.5) is 17.1 Å². The van der Waals surface area contributed by atoms with E-state index in [1.54, 1.807) is 31.4 Å². The lowest BCUT2D eigenvalue weighted by Gasteiger charge is -2.38. The van der Waals surface area contributed by atoms with Gasteiger partial charge in [0, 0.05) is 55.2 Å². The van der Waals surface area contributed by atoms with Crippen molar-refractivity contribution in [3.63, 3.8) is 0 Å². The van der Waals surface area contributed by atoms with Crippen molar-refractivity contribution >= 4 is 28.9 Å². The highest BCUT2D eigenvalue weighted by atomic mass is 16.5. The number of carbonyl (C=O) groups excluding carboxylic acids is 2. The first-order chi connectivity index (χ1) is 19.0. The third-order valence-electron chi connectivity index (χ3n) is 7.07. The van der Waals surface area contributed by atoms with Crippen molar-refractivity contribution in [2.24, 2.45) is 0 Å². The second kappa shape index (κ2) is 11.6. The molecule has 3 aromatic rings. The highest BCUT2D eigenvalue weighted by molar-refractivity contribution is 6.07. The summed E-state index contributed by atoms with van der Waals surface area (Å²) in [5, 5.41) is 6.03. The number of anilines is 3. The second-order valence-corrected chi connectivity index (χ2v) is 9.68. The number of ether oxygens (including phenoxy) is 3. The molecule has 2 N–H and O–H groups in total. The van der Waals surface area contributed by atoms with Crippen molar-refractivity contribution in [1.82, 2.24) is 5.32 Å². The minimum atomic E-state index is -0.320. The fourth-order valence-corrected chi connectivity index (χ4v) is 4.78. The number of rotatable bonds is 9. The zero-order valence-corrected chi connectivity index (χ0v) is 22.5. The van der Waals surface area contributed by atoms with Crippen LogP contribution < -0.4 is 34.6 Å². The topological polar surface area (TPSA) is 92.4 Å². The number of hydrogen-bond acceptors (Lipinski definition) is 7. The second-order valence-electron chi connectivity index (χ2n) is 9.68. The van der Waals surface area contributed by atoms with E-state index in [9.17, 15) is 9.59 Å². The molecule has 1 saturated carbocycles. The Labute approximate surface area is 228 Å². The van der Waals surface area contributed by atoms with Crippen LogP contribution in [0, 0.1) is 0 Å². The summed E-state index contributed by atoms with van der Waals surface area (Å²) in [5.41, 5.74) is 3.41. The molecule has 1 aliphatic carbocycles. The summed E-state index contributed by atoms with van der Waals surface area (Å²) in [6.07, 6.45) is 1.99. The number of nitrogens with one attached hydrogen (secondary N) is 2. The van der Waals surface area contributed by atoms with Gasteiger partial charge in [0.1, 0.15) is 17.2 Å². The van der Waals surface area contributed by atoms with E-state index < -0.39 is 0 Å². The van der Waals surface area contributed by atoms with Gasteiger partial charge in [-0.2, -0.15) is 0 Å². The zero-order chi connectivity index (χ0) is 27.4. The first kappa shape index (κ1) is 26.2. The first-order valence-electron chi connectivity index (χ1n) is 13.1. The van der Waals surface area contributed by atoms with Crippen molar-refractivity contribution in [1.29, 1.82) is 0 Å². The first-order valence-corrected chi connectivity index (χ1v) is 13.1. The summed E-state index contributed by atoms with van der Waals surface area (Å²) in [6, 6.07) is 18.8. The monoisotopic (exact) mass is 530 g/mol. The molecule has 5 rings (SSSR count). The van der Waals surface area contributed by atoms with E-state index in [1.165, 1.54) is 14.2 Å². The summed E-state index contributed by atoms with van der Waals surface area (Å²) in [5.74, 6) is 1.44. The van der Waals surface area contributed by atoms with Crippen molar-refractivity contribution < 1.29 is 23.8 Å². The molecule has 39 heavy (non-hydrogen) atoms. The summed E-state index contributed by atoms with van der Waals surface area (Å²) < 4.78 is 16.1. The average Bonchev–Trinajstić information content (AvgIpc) is 3.80. The van der Waals surface area contributed by atoms with Crippen LogP contribution in [0.15, 0.2) is 60.7 Å². The van der Waals surface area contributed by atoms with Gasteiger partial charge in [-0.25, -0.2) is 0 Å². The molecule has 0 radical (unpaired) electrons. The van der Waals surface area contributed by atoms with Crippen LogP contribution >= 0.6 is 0 Å². The zero-order valence-electron chi connectivity index (χ0n) is 22.5. The minimum Gasteiger partial charge on any atom is -0.497 e. The van der Waals surface area contributed by atoms with Gasteiger partial charge in [0.25, 0.3) is 11.8 Å². The lowest BCUT2D eigenvalue weighted by Crippen LogP contribution is -2.47. The molecule has 0 aromatic heterocycles. The van der Waals surface area contributed by atoms with E-state index in [1.807, 2.05) is 30.3 Å². The van der Waals surface area contributed by atoms with E-state index in [2.05, 4.69) is 26.5 Å². The Morgan fingerprint density at radius 2 is 1.38 bits per heavy atom. The van der Waals surface area contributed by atoms with Crippen LogP contribution in [0.3, 0.4) is 0 Å². The highest BCUT2D eigenvalue weighted by Crippen LogP contribution is 2.32. The maximum atomic E-state index is 13.3. The van der Waals surface area contributed by atoms with Crippen molar-refractivity contribution in [3.8, 4) is 17.2 Å². The Morgan fingerprint density at radius 3 is 2.00 bits per heavy atom. The molecule has 1 heterocycles. The van der Waals surface area contributed by atoms with Crippen molar-refractivity contribution in [2.45, 2.75) is 18.9 Å². The molecule has 2 amide bonds. The van der Waals surface area contributed by atoms with Crippen molar-refractivity contribution in [3.05, 3.63) is 71.8 Å². The number of piperazine rings is 1. The lowest BCUT2D eigenvalue weighted by molar-refractivity contribution is 0.0950. The van der Waals surface area contributed by atoms with Gasteiger partial charge in [0.2, 0.25) is 0 Å². The van der Waals surface area contributed by atoms with Crippen LogP contribution in [0.5, 0.6) is 17.2 Å². The normalized spacial score (nSPS) is 14.9. The smallest absolute Gasteiger partial charge is 0.255 e. The van der Waals surface area contributed by atoms with Gasteiger partial charge in [-0.3, -0.25) is 9.59 Å². The largest absolute Gasteiger partial charge is 0.497 e. The Balaban J connectivity index is 1.36. The molecule has 9 heteroatoms. The van der Waals surface area contributed by atoms with Gasteiger partial charge in [0.15, 0.2) is 0 Å². The maximum absolute atomic E-state index is 13.3. The van der Waals surface area contributed by atoms with Gasteiger partial charge in [-0.15, -0.1) is 0 Å². The lowest BCUT2D eigenvalue weighted by atomic mass is 10.1. The van der Waals surface area contributed by atoms with E-state index in [-0.39, 0.29) is 17.9 Å². The quantitative estimate of drug-likeness (QED) is 0.429. The number of hydrogen-bond donors (Lipinski definition) is 2. The molecule has 2 aliphatic rings. The van der Waals surface area contributed by atoms with Crippen LogP contribution in [0.2, 0.25) is 0 Å². The summed E-state index contributed by atoms with van der Waals surface area (Å²) in [7, 11) is 4.76. The fourth-order valence-electron chi connectivity index (χ4n) is 4.78. The Morgan fingerprint density at radius 1 is 0.744 bits per heavy atom. The fraction of sp³-hybridized carbons (Fsp3) is 0.333. The minimum absolute atomic E-state index is 0.126. The van der Waals surface area contributed by atoms with E-state index in [0.29, 0.717) is 28.3 Å². The third-order valence-corrected chi connectivity index (χ3v) is 7.07. The molecular formula is C30H34N4O5. The number of para-hydroxylation sites is 2. The molecule has 1 aliphatic heterocycles. The molecule has 0 spiro atoms. The SMILES string of the molecule is COc1cc(OC)cc(C(=O)Nc2ccc(N3CCN(c4ccccc4OC)CC3)c(C(=O)NC3CC3)c2)c1. The maximum Gasteiger partial charge on any atom is 0.255 e. The molecule has 0 atom stereocenters. The molecule has 9 nitrogen and oxygen atoms in total. The van der Waals surface area contributed by atoms with Crippen LogP contribution in [-0.4, -0.2) is 65.4 Å². The van der Waals surface area contributed by atoms with Crippen LogP contribution in [0.25, 0.3) is 0 Å². The number of benzene rings is 3. The summed E-state index contributed by atoms with van der Waals surface area (Å²) in [4.78, 5) is 30.9. The van der Waals surface area contributed by atoms with Gasteiger partial charge in [-0.05, 0) is 55.3 Å². The van der Waals surface area contributed by atoms with E-state index >= 15 is 0 Å². The number of amides is 2. The molecule has 0 bridgehead atoms. The summed E-state index contributed by atoms with van der Waals surface area (Å²) >= 11 is 0. The predicted molar refractivity (Wildman–Crippen MR) is 152 cm³/mol. The average molecular weight is 531 g/mol. The number of methoxy groups -OCH3 is 3. The molecule has 204 valence electrons. The Bertz CT molecular complexity index is 1330. The van der Waals surface area contributed by atoms with Crippen molar-refractivity contribution in [2.75, 3.05) is 62.6 Å².